The van der Waals surface area contributed by atoms with E-state index in [0.29, 0.717) is 5.69 Å². The van der Waals surface area contributed by atoms with Crippen LogP contribution in [0.5, 0.6) is 0 Å². The molecule has 0 aliphatic carbocycles. The molecule has 0 radical (unpaired) electrons. The summed E-state index contributed by atoms with van der Waals surface area (Å²) >= 11 is 5.61. The van der Waals surface area contributed by atoms with Gasteiger partial charge in [-0.3, -0.25) is 14.5 Å². The fourth-order valence-corrected chi connectivity index (χ4v) is 1.93. The summed E-state index contributed by atoms with van der Waals surface area (Å²) in [5, 5.41) is 4.64. The van der Waals surface area contributed by atoms with Gasteiger partial charge in [0, 0.05) is 24.1 Å². The van der Waals surface area contributed by atoms with Crippen LogP contribution in [-0.4, -0.2) is 29.6 Å². The maximum Gasteiger partial charge on any atom is 0.411 e. The van der Waals surface area contributed by atoms with Crippen molar-refractivity contribution in [3.8, 4) is 0 Å². The molecule has 0 heterocycles. The quantitative estimate of drug-likeness (QED) is 0.881. The van der Waals surface area contributed by atoms with Crippen molar-refractivity contribution in [1.29, 1.82) is 0 Å². The van der Waals surface area contributed by atoms with Crippen molar-refractivity contribution in [3.05, 3.63) is 42.5 Å². The monoisotopic (exact) mass is 306 g/mol. The molecule has 2 amide bonds. The first kappa shape index (κ1) is 15.1. The van der Waals surface area contributed by atoms with Gasteiger partial charge in [-0.2, -0.15) is 0 Å². The van der Waals surface area contributed by atoms with Crippen molar-refractivity contribution >= 4 is 40.2 Å². The minimum Gasteiger partial charge on any atom is -0.447 e. The lowest BCUT2D eigenvalue weighted by Crippen LogP contribution is -2.25. The first-order valence-corrected chi connectivity index (χ1v) is 6.77. The van der Waals surface area contributed by atoms with Gasteiger partial charge in [-0.25, -0.2) is 4.79 Å². The van der Waals surface area contributed by atoms with Gasteiger partial charge in [0.05, 0.1) is 12.2 Å². The number of benzene rings is 2. The maximum atomic E-state index is 11.7. The number of anilines is 1. The Morgan fingerprint density at radius 2 is 1.90 bits per heavy atom. The molecule has 0 unspecified atom stereocenters. The Bertz CT molecular complexity index is 655. The molecule has 0 atom stereocenters. The summed E-state index contributed by atoms with van der Waals surface area (Å²) in [7, 11) is 0. The first-order chi connectivity index (χ1) is 10.1. The third-order valence-corrected chi connectivity index (χ3v) is 3.30. The molecule has 6 heteroatoms. The Labute approximate surface area is 127 Å². The topological polar surface area (TPSA) is 58.6 Å². The molecular formula is C15H15ClN2O3. The molecular weight excluding hydrogens is 292 g/mol. The van der Waals surface area contributed by atoms with Crippen LogP contribution in [0.1, 0.15) is 6.92 Å². The summed E-state index contributed by atoms with van der Waals surface area (Å²) in [5.41, 5.74) is 0.674. The van der Waals surface area contributed by atoms with Crippen LogP contribution in [0.25, 0.3) is 10.8 Å². The predicted molar refractivity (Wildman–Crippen MR) is 82.2 cm³/mol. The number of halogens is 1. The van der Waals surface area contributed by atoms with Crippen molar-refractivity contribution in [2.24, 2.45) is 0 Å². The van der Waals surface area contributed by atoms with E-state index in [0.717, 1.165) is 15.2 Å². The summed E-state index contributed by atoms with van der Waals surface area (Å²) in [4.78, 5) is 22.6. The lowest BCUT2D eigenvalue weighted by molar-refractivity contribution is -0.124. The fraction of sp³-hybridized carbons (Fsp3) is 0.200. The predicted octanol–water partition coefficient (Wildman–Crippen LogP) is 3.39. The van der Waals surface area contributed by atoms with Gasteiger partial charge < -0.3 is 4.74 Å². The number of carbonyl (C=O) groups excluding carboxylic acids is 2. The molecule has 110 valence electrons. The van der Waals surface area contributed by atoms with E-state index in [4.69, 9.17) is 16.5 Å². The molecule has 2 aromatic rings. The zero-order valence-corrected chi connectivity index (χ0v) is 12.3. The second-order valence-corrected chi connectivity index (χ2v) is 4.80. The Kier molecular flexibility index (Phi) is 5.00. The summed E-state index contributed by atoms with van der Waals surface area (Å²) in [6.45, 7) is 1.50. The van der Waals surface area contributed by atoms with Gasteiger partial charge in [0.1, 0.15) is 6.61 Å². The normalized spacial score (nSPS) is 10.2. The SMILES string of the molecule is CC(=O)N(Cl)CCOC(=O)Nc1cccc2ccccc12. The average molecular weight is 307 g/mol. The Morgan fingerprint density at radius 1 is 1.19 bits per heavy atom. The Hall–Kier alpha value is -2.27. The number of fused-ring (bicyclic) bond motifs is 1. The molecule has 0 saturated carbocycles. The number of amides is 2. The third-order valence-electron chi connectivity index (χ3n) is 2.89. The van der Waals surface area contributed by atoms with Crippen LogP contribution in [0.3, 0.4) is 0 Å². The van der Waals surface area contributed by atoms with E-state index >= 15 is 0 Å². The van der Waals surface area contributed by atoms with Crippen LogP contribution in [0.2, 0.25) is 0 Å². The second-order valence-electron chi connectivity index (χ2n) is 4.39. The van der Waals surface area contributed by atoms with Crippen LogP contribution in [0.15, 0.2) is 42.5 Å². The van der Waals surface area contributed by atoms with Gasteiger partial charge >= 0.3 is 6.09 Å². The first-order valence-electron chi connectivity index (χ1n) is 6.43. The molecule has 0 spiro atoms. The molecule has 0 saturated heterocycles. The van der Waals surface area contributed by atoms with E-state index in [2.05, 4.69) is 5.32 Å². The Balaban J connectivity index is 1.94. The summed E-state index contributed by atoms with van der Waals surface area (Å²) in [5.74, 6) is -0.297. The van der Waals surface area contributed by atoms with Crippen molar-refractivity contribution in [2.75, 3.05) is 18.5 Å². The van der Waals surface area contributed by atoms with Crippen LogP contribution < -0.4 is 5.32 Å². The van der Waals surface area contributed by atoms with Gasteiger partial charge in [0.15, 0.2) is 0 Å². The average Bonchev–Trinajstić information content (AvgIpc) is 2.47. The van der Waals surface area contributed by atoms with E-state index in [1.54, 1.807) is 6.07 Å². The number of hydrogen-bond donors (Lipinski definition) is 1. The number of carbonyl (C=O) groups is 2. The smallest absolute Gasteiger partial charge is 0.411 e. The van der Waals surface area contributed by atoms with E-state index in [1.165, 1.54) is 6.92 Å². The lowest BCUT2D eigenvalue weighted by Gasteiger charge is -2.12. The molecule has 1 N–H and O–H groups in total. The largest absolute Gasteiger partial charge is 0.447 e. The fourth-order valence-electron chi connectivity index (χ4n) is 1.86. The van der Waals surface area contributed by atoms with E-state index in [9.17, 15) is 9.59 Å². The molecule has 0 fully saturated rings. The Morgan fingerprint density at radius 3 is 2.67 bits per heavy atom. The van der Waals surface area contributed by atoms with E-state index in [1.807, 2.05) is 36.4 Å². The zero-order chi connectivity index (χ0) is 15.2. The minimum absolute atomic E-state index is 0.0275. The van der Waals surface area contributed by atoms with Crippen LogP contribution in [-0.2, 0) is 9.53 Å². The maximum absolute atomic E-state index is 11.7. The van der Waals surface area contributed by atoms with Crippen molar-refractivity contribution < 1.29 is 14.3 Å². The number of rotatable bonds is 4. The van der Waals surface area contributed by atoms with Gasteiger partial charge in [-0.05, 0) is 11.5 Å². The zero-order valence-electron chi connectivity index (χ0n) is 11.5. The van der Waals surface area contributed by atoms with Crippen LogP contribution in [0.4, 0.5) is 10.5 Å². The molecule has 5 nitrogen and oxygen atoms in total. The van der Waals surface area contributed by atoms with Crippen molar-refractivity contribution in [1.82, 2.24) is 4.42 Å². The molecule has 21 heavy (non-hydrogen) atoms. The van der Waals surface area contributed by atoms with E-state index in [-0.39, 0.29) is 19.1 Å². The molecule has 2 rings (SSSR count). The lowest BCUT2D eigenvalue weighted by atomic mass is 10.1. The van der Waals surface area contributed by atoms with Gasteiger partial charge in [-0.15, -0.1) is 0 Å². The summed E-state index contributed by atoms with van der Waals surface area (Å²) in [6, 6.07) is 13.3. The standard InChI is InChI=1S/C15H15ClN2O3/c1-11(19)18(16)9-10-21-15(20)17-14-8-4-6-12-5-2-3-7-13(12)14/h2-8H,9-10H2,1H3,(H,17,20). The van der Waals surface area contributed by atoms with Gasteiger partial charge in [0.25, 0.3) is 0 Å². The summed E-state index contributed by atoms with van der Waals surface area (Å²) in [6.07, 6.45) is -0.583. The highest BCUT2D eigenvalue weighted by molar-refractivity contribution is 6.20. The highest BCUT2D eigenvalue weighted by Gasteiger charge is 2.08. The summed E-state index contributed by atoms with van der Waals surface area (Å²) < 4.78 is 5.95. The molecule has 0 bridgehead atoms. The highest BCUT2D eigenvalue weighted by Crippen LogP contribution is 2.22. The van der Waals surface area contributed by atoms with E-state index < -0.39 is 6.09 Å². The van der Waals surface area contributed by atoms with Crippen molar-refractivity contribution in [3.63, 3.8) is 0 Å². The molecule has 0 aliphatic heterocycles. The number of hydrogen-bond acceptors (Lipinski definition) is 3. The van der Waals surface area contributed by atoms with Crippen LogP contribution >= 0.6 is 11.8 Å². The third kappa shape index (κ3) is 4.10. The van der Waals surface area contributed by atoms with Gasteiger partial charge in [0.2, 0.25) is 5.91 Å². The van der Waals surface area contributed by atoms with Crippen molar-refractivity contribution in [2.45, 2.75) is 6.92 Å². The number of ether oxygens (including phenoxy) is 1. The highest BCUT2D eigenvalue weighted by atomic mass is 35.5. The number of nitrogens with one attached hydrogen (secondary N) is 1. The van der Waals surface area contributed by atoms with Gasteiger partial charge in [-0.1, -0.05) is 36.4 Å². The second kappa shape index (κ2) is 6.95. The molecule has 0 aliphatic rings. The molecule has 2 aromatic carbocycles. The van der Waals surface area contributed by atoms with Crippen LogP contribution in [0, 0.1) is 0 Å². The number of nitrogens with zero attached hydrogens (tertiary/aromatic N) is 1. The molecule has 0 aromatic heterocycles. The minimum atomic E-state index is -0.583.